The van der Waals surface area contributed by atoms with Crippen molar-refractivity contribution in [3.8, 4) is 5.75 Å². The first-order valence-electron chi connectivity index (χ1n) is 7.14. The number of hydrogen-bond acceptors (Lipinski definition) is 2. The normalized spacial score (nSPS) is 11.3. The molecule has 1 N–H and O–H groups in total. The average molecular weight is 437 g/mol. The predicted molar refractivity (Wildman–Crippen MR) is 94.2 cm³/mol. The minimum absolute atomic E-state index is 0.0108. The number of carbonyl (C=O) groups excluding carboxylic acids is 1. The van der Waals surface area contributed by atoms with E-state index in [1.807, 2.05) is 13.8 Å². The highest BCUT2D eigenvalue weighted by molar-refractivity contribution is 9.10. The fourth-order valence-electron chi connectivity index (χ4n) is 2.12. The number of nitrogens with one attached hydrogen (secondary N) is 1. The van der Waals surface area contributed by atoms with Gasteiger partial charge in [0.15, 0.2) is 6.61 Å². The molecule has 0 atom stereocenters. The van der Waals surface area contributed by atoms with Crippen LogP contribution in [-0.2, 0) is 11.0 Å². The summed E-state index contributed by atoms with van der Waals surface area (Å²) < 4.78 is 44.5. The highest BCUT2D eigenvalue weighted by Gasteiger charge is 2.31. The first kappa shape index (κ1) is 19.6. The Morgan fingerprint density at radius 3 is 2.36 bits per heavy atom. The van der Waals surface area contributed by atoms with Crippen molar-refractivity contribution in [2.45, 2.75) is 20.0 Å². The Kier molecular flexibility index (Phi) is 6.00. The predicted octanol–water partition coefficient (Wildman–Crippen LogP) is 5.76. The number of benzene rings is 2. The van der Waals surface area contributed by atoms with Gasteiger partial charge in [-0.1, -0.05) is 27.5 Å². The van der Waals surface area contributed by atoms with Gasteiger partial charge in [0.2, 0.25) is 0 Å². The quantitative estimate of drug-likeness (QED) is 0.662. The Balaban J connectivity index is 2.06. The van der Waals surface area contributed by atoms with E-state index in [4.69, 9.17) is 16.3 Å². The molecule has 3 nitrogen and oxygen atoms in total. The lowest BCUT2D eigenvalue weighted by atomic mass is 10.1. The van der Waals surface area contributed by atoms with Gasteiger partial charge in [-0.3, -0.25) is 4.79 Å². The average Bonchev–Trinajstić information content (AvgIpc) is 2.51. The molecule has 0 radical (unpaired) electrons. The number of ether oxygens (including phenoxy) is 1. The molecule has 0 bridgehead atoms. The largest absolute Gasteiger partial charge is 0.484 e. The van der Waals surface area contributed by atoms with Crippen molar-refractivity contribution >= 4 is 39.1 Å². The van der Waals surface area contributed by atoms with E-state index in [9.17, 15) is 18.0 Å². The van der Waals surface area contributed by atoms with E-state index in [-0.39, 0.29) is 17.3 Å². The molecule has 0 fully saturated rings. The fourth-order valence-corrected chi connectivity index (χ4v) is 2.52. The summed E-state index contributed by atoms with van der Waals surface area (Å²) in [5.74, 6) is -0.122. The van der Waals surface area contributed by atoms with E-state index in [0.717, 1.165) is 33.8 Å². The smallest absolute Gasteiger partial charge is 0.416 e. The number of carbonyl (C=O) groups is 1. The number of amides is 1. The van der Waals surface area contributed by atoms with E-state index in [1.165, 1.54) is 0 Å². The second kappa shape index (κ2) is 7.66. The summed E-state index contributed by atoms with van der Waals surface area (Å²) in [6, 6.07) is 6.22. The van der Waals surface area contributed by atoms with E-state index in [2.05, 4.69) is 21.2 Å². The summed E-state index contributed by atoms with van der Waals surface area (Å²) in [6.07, 6.45) is -4.52. The van der Waals surface area contributed by atoms with Gasteiger partial charge in [0, 0.05) is 4.47 Å². The van der Waals surface area contributed by atoms with E-state index in [0.29, 0.717) is 5.75 Å². The fraction of sp³-hybridized carbons (Fsp3) is 0.235. The third kappa shape index (κ3) is 5.12. The number of anilines is 1. The third-order valence-electron chi connectivity index (χ3n) is 3.35. The van der Waals surface area contributed by atoms with Crippen LogP contribution in [-0.4, -0.2) is 12.5 Å². The topological polar surface area (TPSA) is 38.3 Å². The van der Waals surface area contributed by atoms with Gasteiger partial charge in [0.25, 0.3) is 5.91 Å². The lowest BCUT2D eigenvalue weighted by molar-refractivity contribution is -0.137. The van der Waals surface area contributed by atoms with Gasteiger partial charge in [-0.25, -0.2) is 0 Å². The highest BCUT2D eigenvalue weighted by Crippen LogP contribution is 2.33. The molecule has 8 heteroatoms. The van der Waals surface area contributed by atoms with Crippen LogP contribution in [0.25, 0.3) is 0 Å². The molecule has 0 unspecified atom stereocenters. The van der Waals surface area contributed by atoms with E-state index < -0.39 is 17.6 Å². The highest BCUT2D eigenvalue weighted by atomic mass is 79.9. The van der Waals surface area contributed by atoms with Crippen LogP contribution in [0.1, 0.15) is 16.7 Å². The maximum atomic E-state index is 12.7. The molecule has 0 heterocycles. The van der Waals surface area contributed by atoms with Crippen molar-refractivity contribution in [1.82, 2.24) is 0 Å². The zero-order valence-corrected chi connectivity index (χ0v) is 15.6. The number of rotatable bonds is 4. The van der Waals surface area contributed by atoms with Gasteiger partial charge in [-0.2, -0.15) is 13.2 Å². The summed E-state index contributed by atoms with van der Waals surface area (Å²) in [4.78, 5) is 12.0. The maximum absolute atomic E-state index is 12.7. The molecular weight excluding hydrogens is 423 g/mol. The van der Waals surface area contributed by atoms with Crippen molar-refractivity contribution < 1.29 is 22.7 Å². The summed E-state index contributed by atoms with van der Waals surface area (Å²) in [7, 11) is 0. The van der Waals surface area contributed by atoms with Crippen LogP contribution in [0, 0.1) is 13.8 Å². The van der Waals surface area contributed by atoms with Gasteiger partial charge in [-0.15, -0.1) is 0 Å². The molecule has 2 rings (SSSR count). The first-order valence-corrected chi connectivity index (χ1v) is 8.31. The number of hydrogen-bond donors (Lipinski definition) is 1. The standard InChI is InChI=1S/C17H14BrClF3NO2/c1-9-5-12(6-10(2)16(9)18)25-8-15(24)23-14-7-11(17(20,21)22)3-4-13(14)19/h3-7H,8H2,1-2H3,(H,23,24). The molecule has 0 spiro atoms. The lowest BCUT2D eigenvalue weighted by Gasteiger charge is -2.13. The molecule has 0 aromatic heterocycles. The molecule has 25 heavy (non-hydrogen) atoms. The van der Waals surface area contributed by atoms with Crippen molar-refractivity contribution in [3.63, 3.8) is 0 Å². The molecule has 0 aliphatic rings. The molecular formula is C17H14BrClF3NO2. The zero-order chi connectivity index (χ0) is 18.8. The third-order valence-corrected chi connectivity index (χ3v) is 4.93. The van der Waals surface area contributed by atoms with Gasteiger partial charge >= 0.3 is 6.18 Å². The van der Waals surface area contributed by atoms with Crippen molar-refractivity contribution in [2.75, 3.05) is 11.9 Å². The summed E-state index contributed by atoms with van der Waals surface area (Å²) in [5, 5.41) is 2.34. The molecule has 0 aliphatic carbocycles. The SMILES string of the molecule is Cc1cc(OCC(=O)Nc2cc(C(F)(F)F)ccc2Cl)cc(C)c1Br. The van der Waals surface area contributed by atoms with Gasteiger partial charge < -0.3 is 10.1 Å². The van der Waals surface area contributed by atoms with E-state index in [1.54, 1.807) is 12.1 Å². The summed E-state index contributed by atoms with van der Waals surface area (Å²) in [5.41, 5.74) is 0.869. The Hall–Kier alpha value is -1.73. The van der Waals surface area contributed by atoms with Crippen LogP contribution in [0.15, 0.2) is 34.8 Å². The number of halogens is 5. The minimum Gasteiger partial charge on any atom is -0.484 e. The van der Waals surface area contributed by atoms with E-state index >= 15 is 0 Å². The van der Waals surface area contributed by atoms with Crippen LogP contribution in [0.3, 0.4) is 0 Å². The Labute approximate surface area is 156 Å². The summed E-state index contributed by atoms with van der Waals surface area (Å²) in [6.45, 7) is 3.41. The van der Waals surface area contributed by atoms with Crippen LogP contribution in [0.4, 0.5) is 18.9 Å². The van der Waals surface area contributed by atoms with Crippen molar-refractivity contribution in [3.05, 3.63) is 56.5 Å². The Morgan fingerprint density at radius 1 is 1.20 bits per heavy atom. The van der Waals surface area contributed by atoms with Gasteiger partial charge in [0.05, 0.1) is 16.3 Å². The summed E-state index contributed by atoms with van der Waals surface area (Å²) >= 11 is 9.27. The van der Waals surface area contributed by atoms with Crippen molar-refractivity contribution in [2.24, 2.45) is 0 Å². The molecule has 0 aliphatic heterocycles. The molecule has 2 aromatic carbocycles. The van der Waals surface area contributed by atoms with Crippen LogP contribution >= 0.6 is 27.5 Å². The molecule has 1 amide bonds. The van der Waals surface area contributed by atoms with Crippen molar-refractivity contribution in [1.29, 1.82) is 0 Å². The Bertz CT molecular complexity index is 786. The second-order valence-corrected chi connectivity index (χ2v) is 6.60. The van der Waals surface area contributed by atoms with Gasteiger partial charge in [0.1, 0.15) is 5.75 Å². The number of alkyl halides is 3. The lowest BCUT2D eigenvalue weighted by Crippen LogP contribution is -2.21. The molecule has 2 aromatic rings. The van der Waals surface area contributed by atoms with Crippen LogP contribution in [0.5, 0.6) is 5.75 Å². The zero-order valence-electron chi connectivity index (χ0n) is 13.3. The Morgan fingerprint density at radius 2 is 1.80 bits per heavy atom. The van der Waals surface area contributed by atoms with Crippen LogP contribution < -0.4 is 10.1 Å². The molecule has 0 saturated heterocycles. The monoisotopic (exact) mass is 435 g/mol. The van der Waals surface area contributed by atoms with Crippen LogP contribution in [0.2, 0.25) is 5.02 Å². The van der Waals surface area contributed by atoms with Gasteiger partial charge in [-0.05, 0) is 55.3 Å². The minimum atomic E-state index is -4.52. The first-order chi connectivity index (χ1) is 11.6. The maximum Gasteiger partial charge on any atom is 0.416 e. The number of aryl methyl sites for hydroxylation is 2. The molecule has 134 valence electrons. The molecule has 0 saturated carbocycles. The second-order valence-electron chi connectivity index (χ2n) is 5.40.